The van der Waals surface area contributed by atoms with Crippen LogP contribution in [0.25, 0.3) is 0 Å². The lowest BCUT2D eigenvalue weighted by Crippen LogP contribution is -2.46. The molecule has 0 unspecified atom stereocenters. The van der Waals surface area contributed by atoms with Gasteiger partial charge in [0.2, 0.25) is 5.91 Å². The second-order valence-electron chi connectivity index (χ2n) is 5.36. The molecule has 6 heteroatoms. The maximum atomic E-state index is 12.8. The largest absolute Gasteiger partial charge is 0.458 e. The fourth-order valence-electron chi connectivity index (χ4n) is 2.64. The average Bonchev–Trinajstić information content (AvgIpc) is 2.51. The van der Waals surface area contributed by atoms with E-state index in [9.17, 15) is 9.18 Å². The standard InChI is InChI=1S/C15H22FN3O2/c1-3-11(4-2)14(20)19-7-5-6-13(10-19)21-15-17-8-12(16)9-18-15/h8-9,11,13H,3-7,10H2,1-2H3/t13-/m0/s1. The van der Waals surface area contributed by atoms with Crippen molar-refractivity contribution in [1.82, 2.24) is 14.9 Å². The summed E-state index contributed by atoms with van der Waals surface area (Å²) >= 11 is 0. The highest BCUT2D eigenvalue weighted by Crippen LogP contribution is 2.19. The average molecular weight is 295 g/mol. The number of rotatable bonds is 5. The Morgan fingerprint density at radius 1 is 1.43 bits per heavy atom. The highest BCUT2D eigenvalue weighted by atomic mass is 19.1. The lowest BCUT2D eigenvalue weighted by Gasteiger charge is -2.34. The first-order valence-corrected chi connectivity index (χ1v) is 7.57. The van der Waals surface area contributed by atoms with E-state index in [0.29, 0.717) is 6.54 Å². The molecule has 1 aromatic heterocycles. The molecule has 1 saturated heterocycles. The second kappa shape index (κ2) is 7.33. The summed E-state index contributed by atoms with van der Waals surface area (Å²) in [6.07, 6.45) is 5.51. The van der Waals surface area contributed by atoms with E-state index >= 15 is 0 Å². The molecule has 0 aliphatic carbocycles. The minimum absolute atomic E-state index is 0.0887. The van der Waals surface area contributed by atoms with E-state index in [0.717, 1.165) is 44.6 Å². The van der Waals surface area contributed by atoms with E-state index in [1.807, 2.05) is 18.7 Å². The van der Waals surface area contributed by atoms with Crippen LogP contribution in [0.5, 0.6) is 6.01 Å². The van der Waals surface area contributed by atoms with Crippen LogP contribution in [0.4, 0.5) is 4.39 Å². The Labute approximate surface area is 124 Å². The van der Waals surface area contributed by atoms with E-state index < -0.39 is 5.82 Å². The molecule has 21 heavy (non-hydrogen) atoms. The third-order valence-corrected chi connectivity index (χ3v) is 3.89. The molecule has 0 spiro atoms. The summed E-state index contributed by atoms with van der Waals surface area (Å²) in [5, 5.41) is 0. The number of hydrogen-bond acceptors (Lipinski definition) is 4. The van der Waals surface area contributed by atoms with Crippen LogP contribution in [0.3, 0.4) is 0 Å². The van der Waals surface area contributed by atoms with Gasteiger partial charge < -0.3 is 9.64 Å². The number of hydrogen-bond donors (Lipinski definition) is 0. The van der Waals surface area contributed by atoms with E-state index in [4.69, 9.17) is 4.74 Å². The van der Waals surface area contributed by atoms with Gasteiger partial charge in [-0.15, -0.1) is 0 Å². The number of halogens is 1. The second-order valence-corrected chi connectivity index (χ2v) is 5.36. The van der Waals surface area contributed by atoms with E-state index in [-0.39, 0.29) is 23.9 Å². The SMILES string of the molecule is CCC(CC)C(=O)N1CCC[C@H](Oc2ncc(F)cn2)C1. The number of amides is 1. The van der Waals surface area contributed by atoms with Crippen molar-refractivity contribution in [2.75, 3.05) is 13.1 Å². The summed E-state index contributed by atoms with van der Waals surface area (Å²) in [6.45, 7) is 5.41. The Balaban J connectivity index is 1.94. The lowest BCUT2D eigenvalue weighted by atomic mass is 9.99. The lowest BCUT2D eigenvalue weighted by molar-refractivity contribution is -0.138. The summed E-state index contributed by atoms with van der Waals surface area (Å²) in [6, 6.07) is 0.165. The van der Waals surface area contributed by atoms with Crippen LogP contribution in [-0.2, 0) is 4.79 Å². The number of likely N-dealkylation sites (tertiary alicyclic amines) is 1. The molecule has 2 rings (SSSR count). The molecule has 1 atom stereocenters. The smallest absolute Gasteiger partial charge is 0.316 e. The van der Waals surface area contributed by atoms with Crippen LogP contribution < -0.4 is 4.74 Å². The minimum atomic E-state index is -0.489. The third-order valence-electron chi connectivity index (χ3n) is 3.89. The van der Waals surface area contributed by atoms with Crippen LogP contribution in [0.15, 0.2) is 12.4 Å². The number of nitrogens with zero attached hydrogens (tertiary/aromatic N) is 3. The first-order valence-electron chi connectivity index (χ1n) is 7.57. The third kappa shape index (κ3) is 4.12. The molecule has 1 fully saturated rings. The van der Waals surface area contributed by atoms with E-state index in [2.05, 4.69) is 9.97 Å². The zero-order valence-corrected chi connectivity index (χ0v) is 12.6. The molecule has 0 radical (unpaired) electrons. The van der Waals surface area contributed by atoms with Gasteiger partial charge in [-0.3, -0.25) is 4.79 Å². The van der Waals surface area contributed by atoms with Gasteiger partial charge in [0.1, 0.15) is 6.10 Å². The van der Waals surface area contributed by atoms with Gasteiger partial charge in [0, 0.05) is 12.5 Å². The first-order chi connectivity index (χ1) is 10.1. The quantitative estimate of drug-likeness (QED) is 0.837. The van der Waals surface area contributed by atoms with E-state index in [1.54, 1.807) is 0 Å². The Bertz CT molecular complexity index is 462. The number of ether oxygens (including phenoxy) is 1. The number of carbonyl (C=O) groups is 1. The molecule has 0 aromatic carbocycles. The summed E-state index contributed by atoms with van der Waals surface area (Å²) in [4.78, 5) is 21.9. The maximum Gasteiger partial charge on any atom is 0.316 e. The molecular weight excluding hydrogens is 273 g/mol. The Morgan fingerprint density at radius 3 is 2.71 bits per heavy atom. The van der Waals surface area contributed by atoms with Crippen molar-refractivity contribution < 1.29 is 13.9 Å². The molecule has 1 aliphatic rings. The topological polar surface area (TPSA) is 55.3 Å². The molecule has 0 bridgehead atoms. The predicted molar refractivity (Wildman–Crippen MR) is 76.3 cm³/mol. The number of piperidine rings is 1. The first kappa shape index (κ1) is 15.7. The molecule has 1 aromatic rings. The fourth-order valence-corrected chi connectivity index (χ4v) is 2.64. The minimum Gasteiger partial charge on any atom is -0.458 e. The van der Waals surface area contributed by atoms with Gasteiger partial charge in [-0.05, 0) is 25.7 Å². The molecule has 2 heterocycles. The van der Waals surface area contributed by atoms with Crippen LogP contribution in [-0.4, -0.2) is 40.0 Å². The Morgan fingerprint density at radius 2 is 2.10 bits per heavy atom. The normalized spacial score (nSPS) is 18.9. The molecule has 5 nitrogen and oxygen atoms in total. The summed E-state index contributed by atoms with van der Waals surface area (Å²) < 4.78 is 18.4. The number of carbonyl (C=O) groups excluding carboxylic acids is 1. The number of aromatic nitrogens is 2. The van der Waals surface area contributed by atoms with Crippen molar-refractivity contribution in [1.29, 1.82) is 0 Å². The molecule has 1 amide bonds. The van der Waals surface area contributed by atoms with Crippen molar-refractivity contribution in [2.24, 2.45) is 5.92 Å². The molecule has 116 valence electrons. The Hall–Kier alpha value is -1.72. The van der Waals surface area contributed by atoms with Gasteiger partial charge in [-0.1, -0.05) is 13.8 Å². The van der Waals surface area contributed by atoms with Crippen LogP contribution in [0.1, 0.15) is 39.5 Å². The van der Waals surface area contributed by atoms with Crippen molar-refractivity contribution in [3.05, 3.63) is 18.2 Å². The highest BCUT2D eigenvalue weighted by molar-refractivity contribution is 5.78. The van der Waals surface area contributed by atoms with Crippen molar-refractivity contribution in [2.45, 2.75) is 45.6 Å². The van der Waals surface area contributed by atoms with E-state index in [1.165, 1.54) is 0 Å². The highest BCUT2D eigenvalue weighted by Gasteiger charge is 2.28. The van der Waals surface area contributed by atoms with Gasteiger partial charge >= 0.3 is 6.01 Å². The zero-order valence-electron chi connectivity index (χ0n) is 12.6. The van der Waals surface area contributed by atoms with Gasteiger partial charge in [0.15, 0.2) is 5.82 Å². The maximum absolute atomic E-state index is 12.8. The molecule has 0 N–H and O–H groups in total. The summed E-state index contributed by atoms with van der Waals surface area (Å²) in [5.41, 5.74) is 0. The summed E-state index contributed by atoms with van der Waals surface area (Å²) in [5.74, 6) is -0.198. The molecular formula is C15H22FN3O2. The fraction of sp³-hybridized carbons (Fsp3) is 0.667. The van der Waals surface area contributed by atoms with Crippen molar-refractivity contribution in [3.63, 3.8) is 0 Å². The monoisotopic (exact) mass is 295 g/mol. The predicted octanol–water partition coefficient (Wildman–Crippen LogP) is 2.42. The molecule has 1 aliphatic heterocycles. The van der Waals surface area contributed by atoms with Gasteiger partial charge in [-0.2, -0.15) is 0 Å². The van der Waals surface area contributed by atoms with Crippen LogP contribution >= 0.6 is 0 Å². The van der Waals surface area contributed by atoms with Crippen molar-refractivity contribution >= 4 is 5.91 Å². The van der Waals surface area contributed by atoms with Gasteiger partial charge in [0.25, 0.3) is 0 Å². The molecule has 0 saturated carbocycles. The van der Waals surface area contributed by atoms with Crippen molar-refractivity contribution in [3.8, 4) is 6.01 Å². The Kier molecular flexibility index (Phi) is 5.47. The van der Waals surface area contributed by atoms with Gasteiger partial charge in [-0.25, -0.2) is 14.4 Å². The zero-order chi connectivity index (χ0) is 15.2. The van der Waals surface area contributed by atoms with Gasteiger partial charge in [0.05, 0.1) is 18.9 Å². The van der Waals surface area contributed by atoms with Crippen LogP contribution in [0, 0.1) is 11.7 Å². The summed E-state index contributed by atoms with van der Waals surface area (Å²) in [7, 11) is 0. The van der Waals surface area contributed by atoms with Crippen LogP contribution in [0.2, 0.25) is 0 Å².